The van der Waals surface area contributed by atoms with Crippen LogP contribution in [0.4, 0.5) is 5.69 Å². The minimum atomic E-state index is 0.649. The number of hydrogen-bond donors (Lipinski definition) is 1. The zero-order valence-corrected chi connectivity index (χ0v) is 18.9. The van der Waals surface area contributed by atoms with Gasteiger partial charge in [-0.05, 0) is 46.9 Å². The Morgan fingerprint density at radius 2 is 1.75 bits per heavy atom. The van der Waals surface area contributed by atoms with E-state index in [-0.39, 0.29) is 0 Å². The molecule has 0 radical (unpaired) electrons. The van der Waals surface area contributed by atoms with E-state index in [1.807, 2.05) is 36.3 Å². The Balaban J connectivity index is 1.45. The average Bonchev–Trinajstić information content (AvgIpc) is 3.34. The molecule has 3 aromatic carbocycles. The molecule has 0 aliphatic rings. The molecule has 32 heavy (non-hydrogen) atoms. The lowest BCUT2D eigenvalue weighted by molar-refractivity contribution is 0.318. The van der Waals surface area contributed by atoms with Gasteiger partial charge in [-0.2, -0.15) is 5.10 Å². The van der Waals surface area contributed by atoms with E-state index in [4.69, 9.17) is 4.74 Å². The fourth-order valence-corrected chi connectivity index (χ4v) is 3.99. The van der Waals surface area contributed by atoms with Crippen LogP contribution in [-0.4, -0.2) is 23.4 Å². The molecule has 0 saturated carbocycles. The first-order valence-corrected chi connectivity index (χ1v) is 11.3. The number of aromatic nitrogens is 2. The van der Waals surface area contributed by atoms with E-state index in [9.17, 15) is 0 Å². The van der Waals surface area contributed by atoms with E-state index in [0.29, 0.717) is 6.61 Å². The van der Waals surface area contributed by atoms with Gasteiger partial charge in [-0.25, -0.2) is 0 Å². The normalized spacial score (nSPS) is 10.8. The van der Waals surface area contributed by atoms with Gasteiger partial charge in [0.2, 0.25) is 0 Å². The lowest BCUT2D eigenvalue weighted by atomic mass is 10.0. The van der Waals surface area contributed by atoms with Crippen LogP contribution < -0.4 is 10.1 Å². The van der Waals surface area contributed by atoms with E-state index in [0.717, 1.165) is 37.2 Å². The van der Waals surface area contributed by atoms with Gasteiger partial charge < -0.3 is 10.1 Å². The largest absolute Gasteiger partial charge is 0.493 e. The summed E-state index contributed by atoms with van der Waals surface area (Å²) in [6.07, 6.45) is 6.78. The van der Waals surface area contributed by atoms with Crippen molar-refractivity contribution in [3.05, 3.63) is 102 Å². The van der Waals surface area contributed by atoms with Crippen LogP contribution in [0.5, 0.6) is 5.75 Å². The Morgan fingerprint density at radius 1 is 0.906 bits per heavy atom. The van der Waals surface area contributed by atoms with Gasteiger partial charge in [-0.3, -0.25) is 4.68 Å². The number of ether oxygens (including phenoxy) is 1. The molecule has 1 aromatic heterocycles. The van der Waals surface area contributed by atoms with Crippen molar-refractivity contribution in [3.63, 3.8) is 0 Å². The smallest absolute Gasteiger partial charge is 0.122 e. The predicted molar refractivity (Wildman–Crippen MR) is 132 cm³/mol. The molecule has 164 valence electrons. The first-order valence-electron chi connectivity index (χ1n) is 11.3. The number of aryl methyl sites for hydroxylation is 1. The van der Waals surface area contributed by atoms with Crippen molar-refractivity contribution in [2.24, 2.45) is 0 Å². The molecule has 0 saturated heterocycles. The van der Waals surface area contributed by atoms with Gasteiger partial charge in [0.25, 0.3) is 0 Å². The van der Waals surface area contributed by atoms with Gasteiger partial charge >= 0.3 is 0 Å². The molecule has 0 atom stereocenters. The van der Waals surface area contributed by atoms with E-state index in [2.05, 4.69) is 78.0 Å². The third-order valence-corrected chi connectivity index (χ3v) is 5.64. The molecule has 0 unspecified atom stereocenters. The summed E-state index contributed by atoms with van der Waals surface area (Å²) in [6, 6.07) is 25.6. The van der Waals surface area contributed by atoms with Crippen molar-refractivity contribution >= 4 is 5.69 Å². The summed E-state index contributed by atoms with van der Waals surface area (Å²) in [5.41, 5.74) is 7.31. The fourth-order valence-electron chi connectivity index (χ4n) is 3.99. The summed E-state index contributed by atoms with van der Waals surface area (Å²) >= 11 is 0. The van der Waals surface area contributed by atoms with Crippen molar-refractivity contribution in [2.75, 3.05) is 19.0 Å². The van der Waals surface area contributed by atoms with Crippen LogP contribution in [0.25, 0.3) is 11.1 Å². The van der Waals surface area contributed by atoms with Crippen LogP contribution in [-0.2, 0) is 19.4 Å². The molecule has 4 aromatic rings. The predicted octanol–water partition coefficient (Wildman–Crippen LogP) is 6.21. The maximum absolute atomic E-state index is 6.29. The van der Waals surface area contributed by atoms with Gasteiger partial charge in [0.15, 0.2) is 0 Å². The van der Waals surface area contributed by atoms with Crippen LogP contribution in [0, 0.1) is 0 Å². The topological polar surface area (TPSA) is 39.1 Å². The monoisotopic (exact) mass is 425 g/mol. The second-order valence-electron chi connectivity index (χ2n) is 7.99. The molecule has 0 spiro atoms. The van der Waals surface area contributed by atoms with Crippen LogP contribution in [0.2, 0.25) is 0 Å². The van der Waals surface area contributed by atoms with Crippen molar-refractivity contribution < 1.29 is 4.74 Å². The number of benzene rings is 3. The van der Waals surface area contributed by atoms with Crippen molar-refractivity contribution in [1.82, 2.24) is 9.78 Å². The summed E-state index contributed by atoms with van der Waals surface area (Å²) in [7, 11) is 1.98. The van der Waals surface area contributed by atoms with E-state index >= 15 is 0 Å². The Labute approximate surface area is 190 Å². The Bertz CT molecular complexity index is 1120. The zero-order valence-electron chi connectivity index (χ0n) is 18.9. The van der Waals surface area contributed by atoms with E-state index in [1.165, 1.54) is 27.8 Å². The van der Waals surface area contributed by atoms with Crippen LogP contribution in [0.15, 0.2) is 85.2 Å². The molecular formula is C28H31N3O. The first-order chi connectivity index (χ1) is 15.8. The first kappa shape index (κ1) is 21.7. The minimum Gasteiger partial charge on any atom is -0.493 e. The van der Waals surface area contributed by atoms with Crippen LogP contribution in [0.1, 0.15) is 30.0 Å². The van der Waals surface area contributed by atoms with Gasteiger partial charge in [0, 0.05) is 37.1 Å². The van der Waals surface area contributed by atoms with Gasteiger partial charge in [-0.15, -0.1) is 0 Å². The average molecular weight is 426 g/mol. The Hall–Kier alpha value is -3.53. The molecular weight excluding hydrogens is 394 g/mol. The number of anilines is 1. The highest BCUT2D eigenvalue weighted by atomic mass is 16.5. The molecule has 1 heterocycles. The zero-order chi connectivity index (χ0) is 22.2. The minimum absolute atomic E-state index is 0.649. The summed E-state index contributed by atoms with van der Waals surface area (Å²) in [4.78, 5) is 0. The van der Waals surface area contributed by atoms with Gasteiger partial charge in [0.1, 0.15) is 5.75 Å². The van der Waals surface area contributed by atoms with Crippen molar-refractivity contribution in [3.8, 4) is 16.9 Å². The van der Waals surface area contributed by atoms with Crippen molar-refractivity contribution in [1.29, 1.82) is 0 Å². The summed E-state index contributed by atoms with van der Waals surface area (Å²) < 4.78 is 8.23. The Kier molecular flexibility index (Phi) is 7.23. The molecule has 4 heteroatoms. The lowest BCUT2D eigenvalue weighted by Gasteiger charge is -2.15. The number of nitrogens with one attached hydrogen (secondary N) is 1. The quantitative estimate of drug-likeness (QED) is 0.328. The highest BCUT2D eigenvalue weighted by molar-refractivity contribution is 5.78. The number of rotatable bonds is 10. The SMILES string of the molecule is CCCc1ccc(Cn2cccn2)cc1OCCc1ccc(-c2ccccc2)c(NC)c1. The fraction of sp³-hybridized carbons (Fsp3) is 0.250. The Morgan fingerprint density at radius 3 is 2.50 bits per heavy atom. The molecule has 0 aliphatic carbocycles. The van der Waals surface area contributed by atoms with Gasteiger partial charge in [-0.1, -0.05) is 67.9 Å². The maximum atomic E-state index is 6.29. The molecule has 0 aliphatic heterocycles. The third-order valence-electron chi connectivity index (χ3n) is 5.64. The number of hydrogen-bond acceptors (Lipinski definition) is 3. The summed E-state index contributed by atoms with van der Waals surface area (Å²) in [6.45, 7) is 3.60. The van der Waals surface area contributed by atoms with E-state index in [1.54, 1.807) is 0 Å². The third kappa shape index (κ3) is 5.38. The summed E-state index contributed by atoms with van der Waals surface area (Å²) in [5.74, 6) is 0.992. The molecule has 0 bridgehead atoms. The number of nitrogens with zero attached hydrogens (tertiary/aromatic N) is 2. The van der Waals surface area contributed by atoms with Gasteiger partial charge in [0.05, 0.1) is 13.2 Å². The summed E-state index contributed by atoms with van der Waals surface area (Å²) in [5, 5.41) is 7.66. The lowest BCUT2D eigenvalue weighted by Crippen LogP contribution is -2.06. The molecule has 0 amide bonds. The highest BCUT2D eigenvalue weighted by Gasteiger charge is 2.08. The second kappa shape index (κ2) is 10.7. The van der Waals surface area contributed by atoms with Crippen LogP contribution >= 0.6 is 0 Å². The highest BCUT2D eigenvalue weighted by Crippen LogP contribution is 2.29. The molecule has 4 nitrogen and oxygen atoms in total. The van der Waals surface area contributed by atoms with E-state index < -0.39 is 0 Å². The molecule has 1 N–H and O–H groups in total. The van der Waals surface area contributed by atoms with Crippen molar-refractivity contribution in [2.45, 2.75) is 32.7 Å². The second-order valence-corrected chi connectivity index (χ2v) is 7.99. The maximum Gasteiger partial charge on any atom is 0.122 e. The van der Waals surface area contributed by atoms with Crippen LogP contribution in [0.3, 0.4) is 0 Å². The molecule has 0 fully saturated rings. The standard InChI is InChI=1S/C28H31N3O/c1-3-8-25-13-11-23(21-31-17-7-16-30-31)20-28(25)32-18-15-22-12-14-26(27(19-22)29-2)24-9-5-4-6-10-24/h4-7,9-14,16-17,19-20,29H,3,8,15,18,21H2,1-2H3. The molecule has 4 rings (SSSR count).